The zero-order valence-corrected chi connectivity index (χ0v) is 13.7. The first-order valence-electron chi connectivity index (χ1n) is 7.98. The second kappa shape index (κ2) is 8.58. The van der Waals surface area contributed by atoms with E-state index in [1.807, 2.05) is 12.1 Å². The minimum Gasteiger partial charge on any atom is -0.488 e. The van der Waals surface area contributed by atoms with Gasteiger partial charge in [0.15, 0.2) is 5.75 Å². The molecule has 0 unspecified atom stereocenters. The van der Waals surface area contributed by atoms with Crippen LogP contribution in [0.5, 0.6) is 5.75 Å². The van der Waals surface area contributed by atoms with Gasteiger partial charge >= 0.3 is 0 Å². The highest BCUT2D eigenvalue weighted by molar-refractivity contribution is 5.53. The summed E-state index contributed by atoms with van der Waals surface area (Å²) in [6.45, 7) is 3.52. The fraction of sp³-hybridized carbons (Fsp3) is 0.412. The van der Waals surface area contributed by atoms with Crippen LogP contribution in [0.15, 0.2) is 36.7 Å². The molecule has 0 aliphatic carbocycles. The summed E-state index contributed by atoms with van der Waals surface area (Å²) in [6, 6.07) is 8.11. The predicted octanol–water partition coefficient (Wildman–Crippen LogP) is 1.91. The van der Waals surface area contributed by atoms with Crippen LogP contribution in [-0.2, 0) is 9.47 Å². The fourth-order valence-electron chi connectivity index (χ4n) is 2.39. The maximum atomic E-state index is 5.75. The van der Waals surface area contributed by atoms with Crippen molar-refractivity contribution in [1.82, 2.24) is 15.3 Å². The summed E-state index contributed by atoms with van der Waals surface area (Å²) >= 11 is 0. The first kappa shape index (κ1) is 16.6. The molecule has 2 N–H and O–H groups in total. The Balaban J connectivity index is 1.55. The third-order valence-corrected chi connectivity index (χ3v) is 3.65. The first-order chi connectivity index (χ1) is 11.8. The highest BCUT2D eigenvalue weighted by atomic mass is 16.5. The number of morpholine rings is 1. The van der Waals surface area contributed by atoms with E-state index in [9.17, 15) is 0 Å². The number of aromatic nitrogens is 2. The van der Waals surface area contributed by atoms with Gasteiger partial charge < -0.3 is 24.8 Å². The van der Waals surface area contributed by atoms with Gasteiger partial charge in [0.05, 0.1) is 31.7 Å². The van der Waals surface area contributed by atoms with Crippen LogP contribution >= 0.6 is 0 Å². The molecule has 1 aromatic carbocycles. The molecule has 0 amide bonds. The van der Waals surface area contributed by atoms with E-state index in [4.69, 9.17) is 14.2 Å². The summed E-state index contributed by atoms with van der Waals surface area (Å²) in [5.41, 5.74) is 2.09. The van der Waals surface area contributed by atoms with Crippen molar-refractivity contribution in [2.75, 3.05) is 45.3 Å². The van der Waals surface area contributed by atoms with Crippen LogP contribution in [0.3, 0.4) is 0 Å². The number of benzene rings is 1. The molecule has 24 heavy (non-hydrogen) atoms. The molecule has 1 fully saturated rings. The summed E-state index contributed by atoms with van der Waals surface area (Å²) < 4.78 is 16.1. The van der Waals surface area contributed by atoms with Crippen LogP contribution < -0.4 is 15.4 Å². The number of nitrogens with one attached hydrogen (secondary N) is 2. The maximum Gasteiger partial charge on any atom is 0.227 e. The van der Waals surface area contributed by atoms with Crippen LogP contribution in [0.1, 0.15) is 11.7 Å². The number of hydrogen-bond donors (Lipinski definition) is 2. The third-order valence-electron chi connectivity index (χ3n) is 3.65. The molecule has 7 nitrogen and oxygen atoms in total. The van der Waals surface area contributed by atoms with E-state index in [2.05, 4.69) is 32.7 Å². The number of nitrogens with zero attached hydrogens (tertiary/aromatic N) is 2. The van der Waals surface area contributed by atoms with Gasteiger partial charge in [-0.05, 0) is 17.7 Å². The SMILES string of the molecule is COCCOc1cnc(Nc2ccc([C@@H]3CNCCO3)cc2)nc1. The van der Waals surface area contributed by atoms with E-state index in [1.165, 1.54) is 0 Å². The Morgan fingerprint density at radius 1 is 1.21 bits per heavy atom. The number of ether oxygens (including phenoxy) is 3. The van der Waals surface area contributed by atoms with Gasteiger partial charge in [0.25, 0.3) is 0 Å². The van der Waals surface area contributed by atoms with Crippen LogP contribution in [0, 0.1) is 0 Å². The van der Waals surface area contributed by atoms with Crippen molar-refractivity contribution in [3.8, 4) is 5.75 Å². The number of anilines is 2. The molecule has 0 spiro atoms. The zero-order valence-electron chi connectivity index (χ0n) is 13.7. The van der Waals surface area contributed by atoms with Gasteiger partial charge in [-0.25, -0.2) is 9.97 Å². The minimum atomic E-state index is 0.118. The molecule has 128 valence electrons. The van der Waals surface area contributed by atoms with Crippen molar-refractivity contribution in [2.24, 2.45) is 0 Å². The van der Waals surface area contributed by atoms with Gasteiger partial charge in [-0.1, -0.05) is 12.1 Å². The van der Waals surface area contributed by atoms with Crippen LogP contribution in [0.4, 0.5) is 11.6 Å². The number of rotatable bonds is 7. The van der Waals surface area contributed by atoms with Gasteiger partial charge in [-0.15, -0.1) is 0 Å². The number of hydrogen-bond acceptors (Lipinski definition) is 7. The molecule has 0 bridgehead atoms. The van der Waals surface area contributed by atoms with Gasteiger partial charge in [0.1, 0.15) is 6.61 Å². The van der Waals surface area contributed by atoms with Crippen molar-refractivity contribution in [3.05, 3.63) is 42.2 Å². The van der Waals surface area contributed by atoms with Crippen LogP contribution in [0.25, 0.3) is 0 Å². The lowest BCUT2D eigenvalue weighted by Gasteiger charge is -2.24. The Bertz CT molecular complexity index is 613. The van der Waals surface area contributed by atoms with Gasteiger partial charge in [0, 0.05) is 25.9 Å². The second-order valence-electron chi connectivity index (χ2n) is 5.39. The Hall–Kier alpha value is -2.22. The number of methoxy groups -OCH3 is 1. The largest absolute Gasteiger partial charge is 0.488 e. The molecule has 1 aliphatic heterocycles. The lowest BCUT2D eigenvalue weighted by atomic mass is 10.1. The molecule has 2 heterocycles. The molecule has 0 saturated carbocycles. The minimum absolute atomic E-state index is 0.118. The molecule has 1 aliphatic rings. The van der Waals surface area contributed by atoms with E-state index in [-0.39, 0.29) is 6.10 Å². The van der Waals surface area contributed by atoms with E-state index >= 15 is 0 Å². The summed E-state index contributed by atoms with van der Waals surface area (Å²) in [5.74, 6) is 1.15. The molecule has 7 heteroatoms. The van der Waals surface area contributed by atoms with Gasteiger partial charge in [-0.2, -0.15) is 0 Å². The first-order valence-corrected chi connectivity index (χ1v) is 7.98. The standard InChI is InChI=1S/C17H22N4O3/c1-22-8-9-23-15-10-19-17(20-11-15)21-14-4-2-13(3-5-14)16-12-18-6-7-24-16/h2-5,10-11,16,18H,6-9,12H2,1H3,(H,19,20,21)/t16-/m0/s1. The molecule has 1 atom stereocenters. The zero-order chi connectivity index (χ0) is 16.6. The summed E-state index contributed by atoms with van der Waals surface area (Å²) in [5, 5.41) is 6.50. The fourth-order valence-corrected chi connectivity index (χ4v) is 2.39. The van der Waals surface area contributed by atoms with E-state index in [0.717, 1.165) is 30.9 Å². The molecule has 3 rings (SSSR count). The molecule has 1 aromatic heterocycles. The van der Waals surface area contributed by atoms with Crippen molar-refractivity contribution in [1.29, 1.82) is 0 Å². The van der Waals surface area contributed by atoms with E-state index in [0.29, 0.717) is 24.9 Å². The Morgan fingerprint density at radius 3 is 2.67 bits per heavy atom. The topological polar surface area (TPSA) is 77.5 Å². The molecule has 0 radical (unpaired) electrons. The van der Waals surface area contributed by atoms with Crippen molar-refractivity contribution in [2.45, 2.75) is 6.10 Å². The highest BCUT2D eigenvalue weighted by Gasteiger charge is 2.15. The average Bonchev–Trinajstić information content (AvgIpc) is 2.65. The Morgan fingerprint density at radius 2 is 2.00 bits per heavy atom. The average molecular weight is 330 g/mol. The van der Waals surface area contributed by atoms with Gasteiger partial charge in [-0.3, -0.25) is 0 Å². The smallest absolute Gasteiger partial charge is 0.227 e. The van der Waals surface area contributed by atoms with Crippen LogP contribution in [-0.4, -0.2) is 50.0 Å². The van der Waals surface area contributed by atoms with E-state index < -0.39 is 0 Å². The molecule has 1 saturated heterocycles. The second-order valence-corrected chi connectivity index (χ2v) is 5.39. The van der Waals surface area contributed by atoms with Crippen molar-refractivity contribution in [3.63, 3.8) is 0 Å². The lowest BCUT2D eigenvalue weighted by molar-refractivity contribution is 0.0277. The Kier molecular flexibility index (Phi) is 5.95. The summed E-state index contributed by atoms with van der Waals surface area (Å²) in [6.07, 6.45) is 3.40. The quantitative estimate of drug-likeness (QED) is 0.751. The van der Waals surface area contributed by atoms with Crippen molar-refractivity contribution >= 4 is 11.6 Å². The summed E-state index contributed by atoms with van der Waals surface area (Å²) in [7, 11) is 1.63. The molecule has 2 aromatic rings. The lowest BCUT2D eigenvalue weighted by Crippen LogP contribution is -2.33. The molecular formula is C17H22N4O3. The highest BCUT2D eigenvalue weighted by Crippen LogP contribution is 2.22. The molecular weight excluding hydrogens is 308 g/mol. The Labute approximate surface area is 141 Å². The third kappa shape index (κ3) is 4.64. The van der Waals surface area contributed by atoms with Crippen molar-refractivity contribution < 1.29 is 14.2 Å². The van der Waals surface area contributed by atoms with E-state index in [1.54, 1.807) is 19.5 Å². The normalized spacial score (nSPS) is 17.5. The predicted molar refractivity (Wildman–Crippen MR) is 90.7 cm³/mol. The summed E-state index contributed by atoms with van der Waals surface area (Å²) in [4.78, 5) is 8.48. The van der Waals surface area contributed by atoms with Gasteiger partial charge in [0.2, 0.25) is 5.95 Å². The monoisotopic (exact) mass is 330 g/mol. The maximum absolute atomic E-state index is 5.75. The van der Waals surface area contributed by atoms with Crippen LogP contribution in [0.2, 0.25) is 0 Å².